The van der Waals surface area contributed by atoms with E-state index in [4.69, 9.17) is 4.74 Å². The number of nitrogens with one attached hydrogen (secondary N) is 2. The van der Waals surface area contributed by atoms with Gasteiger partial charge in [-0.3, -0.25) is 0 Å². The summed E-state index contributed by atoms with van der Waals surface area (Å²) in [5.41, 5.74) is 0. The fourth-order valence-electron chi connectivity index (χ4n) is 1.76. The summed E-state index contributed by atoms with van der Waals surface area (Å²) in [6.07, 6.45) is 0.715. The average molecular weight is 335 g/mol. The van der Waals surface area contributed by atoms with E-state index in [-0.39, 0.29) is 12.6 Å². The molecule has 122 valence electrons. The van der Waals surface area contributed by atoms with Gasteiger partial charge in [0.2, 0.25) is 10.0 Å². The molecule has 0 aliphatic rings. The van der Waals surface area contributed by atoms with Crippen molar-refractivity contribution < 1.29 is 13.2 Å². The molecule has 0 fully saturated rings. The summed E-state index contributed by atoms with van der Waals surface area (Å²) in [6.45, 7) is 9.65. The van der Waals surface area contributed by atoms with Gasteiger partial charge in [-0.25, -0.2) is 13.1 Å². The number of ether oxygens (including phenoxy) is 1. The highest BCUT2D eigenvalue weighted by molar-refractivity contribution is 7.91. The van der Waals surface area contributed by atoms with Crippen LogP contribution in [0.3, 0.4) is 0 Å². The molecule has 1 aromatic heterocycles. The molecule has 1 heterocycles. The molecule has 0 aliphatic heterocycles. The normalized spacial score (nSPS) is 13.8. The maximum Gasteiger partial charge on any atom is 0.250 e. The second-order valence-electron chi connectivity index (χ2n) is 5.20. The summed E-state index contributed by atoms with van der Waals surface area (Å²) in [7, 11) is -3.43. The standard InChI is InChI=1S/C14H26N2O3S2/c1-5-19-12(4)10-16-21(17,18)14-7-6-13(20-14)8-9-15-11(2)3/h6-7,11-12,15-16H,5,8-10H2,1-4H3. The summed E-state index contributed by atoms with van der Waals surface area (Å²) in [6, 6.07) is 3.99. The lowest BCUT2D eigenvalue weighted by molar-refractivity contribution is 0.0800. The van der Waals surface area contributed by atoms with E-state index in [1.807, 2.05) is 19.9 Å². The van der Waals surface area contributed by atoms with E-state index in [2.05, 4.69) is 23.9 Å². The zero-order valence-corrected chi connectivity index (χ0v) is 14.8. The Morgan fingerprint density at radius 1 is 1.29 bits per heavy atom. The van der Waals surface area contributed by atoms with Crippen molar-refractivity contribution in [2.45, 2.75) is 50.5 Å². The summed E-state index contributed by atoms with van der Waals surface area (Å²) >= 11 is 1.33. The van der Waals surface area contributed by atoms with Crippen LogP contribution in [0.4, 0.5) is 0 Å². The van der Waals surface area contributed by atoms with Crippen molar-refractivity contribution in [1.29, 1.82) is 0 Å². The lowest BCUT2D eigenvalue weighted by Gasteiger charge is -2.12. The van der Waals surface area contributed by atoms with Gasteiger partial charge in [-0.1, -0.05) is 13.8 Å². The highest BCUT2D eigenvalue weighted by Crippen LogP contribution is 2.21. The van der Waals surface area contributed by atoms with Crippen LogP contribution in [0.1, 0.15) is 32.6 Å². The topological polar surface area (TPSA) is 67.4 Å². The molecule has 0 saturated heterocycles. The lowest BCUT2D eigenvalue weighted by Crippen LogP contribution is -2.31. The van der Waals surface area contributed by atoms with E-state index in [0.29, 0.717) is 16.9 Å². The van der Waals surface area contributed by atoms with Gasteiger partial charge in [0.05, 0.1) is 6.10 Å². The van der Waals surface area contributed by atoms with Crippen LogP contribution >= 0.6 is 11.3 Å². The Bertz CT molecular complexity index is 512. The maximum absolute atomic E-state index is 12.2. The van der Waals surface area contributed by atoms with E-state index in [1.54, 1.807) is 6.07 Å². The number of hydrogen-bond acceptors (Lipinski definition) is 5. The van der Waals surface area contributed by atoms with E-state index in [9.17, 15) is 8.42 Å². The van der Waals surface area contributed by atoms with Gasteiger partial charge in [0, 0.05) is 30.6 Å². The molecule has 2 N–H and O–H groups in total. The van der Waals surface area contributed by atoms with Crippen molar-refractivity contribution in [3.8, 4) is 0 Å². The second-order valence-corrected chi connectivity index (χ2v) is 8.36. The first-order valence-corrected chi connectivity index (χ1v) is 9.58. The highest BCUT2D eigenvalue weighted by Gasteiger charge is 2.17. The van der Waals surface area contributed by atoms with Crippen LogP contribution in [-0.2, 0) is 21.2 Å². The van der Waals surface area contributed by atoms with Crippen LogP contribution in [0.2, 0.25) is 0 Å². The Labute approximate surface area is 132 Å². The van der Waals surface area contributed by atoms with Crippen LogP contribution in [0.25, 0.3) is 0 Å². The van der Waals surface area contributed by atoms with Gasteiger partial charge >= 0.3 is 0 Å². The molecule has 0 aliphatic carbocycles. The second kappa shape index (κ2) is 8.85. The largest absolute Gasteiger partial charge is 0.377 e. The zero-order valence-electron chi connectivity index (χ0n) is 13.2. The molecular formula is C14H26N2O3S2. The molecule has 21 heavy (non-hydrogen) atoms. The van der Waals surface area contributed by atoms with Crippen molar-refractivity contribution in [1.82, 2.24) is 10.0 Å². The van der Waals surface area contributed by atoms with Crippen molar-refractivity contribution in [2.24, 2.45) is 0 Å². The van der Waals surface area contributed by atoms with Gasteiger partial charge in [-0.05, 0) is 32.4 Å². The fraction of sp³-hybridized carbons (Fsp3) is 0.714. The van der Waals surface area contributed by atoms with E-state index < -0.39 is 10.0 Å². The third kappa shape index (κ3) is 6.88. The van der Waals surface area contributed by atoms with Crippen molar-refractivity contribution in [3.05, 3.63) is 17.0 Å². The minimum Gasteiger partial charge on any atom is -0.377 e. The predicted molar refractivity (Wildman–Crippen MR) is 87.4 cm³/mol. The summed E-state index contributed by atoms with van der Waals surface area (Å²) in [5.74, 6) is 0. The van der Waals surface area contributed by atoms with Gasteiger partial charge in [-0.2, -0.15) is 0 Å². The fourth-order valence-corrected chi connectivity index (χ4v) is 4.28. The first-order chi connectivity index (χ1) is 9.85. The third-order valence-corrected chi connectivity index (χ3v) is 5.90. The Hall–Kier alpha value is -0.470. The summed E-state index contributed by atoms with van der Waals surface area (Å²) < 4.78 is 32.6. The number of rotatable bonds is 10. The molecule has 1 rings (SSSR count). The van der Waals surface area contributed by atoms with Gasteiger partial charge in [-0.15, -0.1) is 11.3 Å². The molecule has 1 atom stereocenters. The SMILES string of the molecule is CCOC(C)CNS(=O)(=O)c1ccc(CCNC(C)C)s1. The van der Waals surface area contributed by atoms with E-state index in [0.717, 1.165) is 17.8 Å². The van der Waals surface area contributed by atoms with Gasteiger partial charge in [0.25, 0.3) is 0 Å². The Balaban J connectivity index is 2.53. The van der Waals surface area contributed by atoms with Gasteiger partial charge in [0.15, 0.2) is 0 Å². The van der Waals surface area contributed by atoms with Crippen LogP contribution in [0.5, 0.6) is 0 Å². The van der Waals surface area contributed by atoms with E-state index in [1.165, 1.54) is 11.3 Å². The summed E-state index contributed by atoms with van der Waals surface area (Å²) in [4.78, 5) is 1.07. The van der Waals surface area contributed by atoms with Crippen molar-refractivity contribution in [3.63, 3.8) is 0 Å². The van der Waals surface area contributed by atoms with Crippen LogP contribution in [-0.4, -0.2) is 40.3 Å². The molecule has 0 spiro atoms. The van der Waals surface area contributed by atoms with Crippen LogP contribution in [0, 0.1) is 0 Å². The Morgan fingerprint density at radius 2 is 2.00 bits per heavy atom. The quantitative estimate of drug-likeness (QED) is 0.687. The maximum atomic E-state index is 12.2. The summed E-state index contributed by atoms with van der Waals surface area (Å²) in [5, 5.41) is 3.32. The van der Waals surface area contributed by atoms with Crippen LogP contribution < -0.4 is 10.0 Å². The zero-order chi connectivity index (χ0) is 15.9. The first-order valence-electron chi connectivity index (χ1n) is 7.28. The van der Waals surface area contributed by atoms with Gasteiger partial charge < -0.3 is 10.1 Å². The minimum absolute atomic E-state index is 0.126. The molecule has 1 aromatic rings. The predicted octanol–water partition coefficient (Wildman–Crippen LogP) is 1.99. The lowest BCUT2D eigenvalue weighted by atomic mass is 10.3. The number of hydrogen-bond donors (Lipinski definition) is 2. The van der Waals surface area contributed by atoms with Crippen LogP contribution in [0.15, 0.2) is 16.3 Å². The molecule has 5 nitrogen and oxygen atoms in total. The first kappa shape index (κ1) is 18.6. The molecule has 0 bridgehead atoms. The molecule has 0 saturated carbocycles. The monoisotopic (exact) mass is 334 g/mol. The average Bonchev–Trinajstić information content (AvgIpc) is 2.86. The molecule has 0 aromatic carbocycles. The molecular weight excluding hydrogens is 308 g/mol. The number of sulfonamides is 1. The smallest absolute Gasteiger partial charge is 0.250 e. The van der Waals surface area contributed by atoms with Crippen molar-refractivity contribution in [2.75, 3.05) is 19.7 Å². The third-order valence-electron chi connectivity index (χ3n) is 2.84. The van der Waals surface area contributed by atoms with Gasteiger partial charge in [0.1, 0.15) is 4.21 Å². The minimum atomic E-state index is -3.43. The van der Waals surface area contributed by atoms with E-state index >= 15 is 0 Å². The molecule has 1 unspecified atom stereocenters. The number of thiophene rings is 1. The molecule has 7 heteroatoms. The molecule has 0 amide bonds. The van der Waals surface area contributed by atoms with Crippen molar-refractivity contribution >= 4 is 21.4 Å². The highest BCUT2D eigenvalue weighted by atomic mass is 32.2. The Morgan fingerprint density at radius 3 is 2.62 bits per heavy atom. The Kier molecular flexibility index (Phi) is 7.83. The molecule has 0 radical (unpaired) electrons.